The molecule has 0 heterocycles. The van der Waals surface area contributed by atoms with Gasteiger partial charge in [-0.2, -0.15) is 0 Å². The zero-order valence-corrected chi connectivity index (χ0v) is 8.19. The quantitative estimate of drug-likeness (QED) is 0.548. The highest BCUT2D eigenvalue weighted by molar-refractivity contribution is 5.45. The van der Waals surface area contributed by atoms with Gasteiger partial charge in [0.25, 0.3) is 5.69 Å². The van der Waals surface area contributed by atoms with E-state index in [4.69, 9.17) is 4.74 Å². The minimum absolute atomic E-state index is 0.0372. The van der Waals surface area contributed by atoms with E-state index in [9.17, 15) is 10.1 Å². The lowest BCUT2D eigenvalue weighted by molar-refractivity contribution is -0.384. The highest BCUT2D eigenvalue weighted by atomic mass is 16.6. The van der Waals surface area contributed by atoms with Gasteiger partial charge in [0, 0.05) is 17.7 Å². The first-order valence-electron chi connectivity index (χ1n) is 4.21. The molecule has 0 amide bonds. The highest BCUT2D eigenvalue weighted by Gasteiger charge is 2.13. The van der Waals surface area contributed by atoms with Crippen molar-refractivity contribution in [3.05, 3.63) is 40.8 Å². The van der Waals surface area contributed by atoms with Crippen molar-refractivity contribution in [3.8, 4) is 5.75 Å². The second kappa shape index (κ2) is 4.09. The van der Waals surface area contributed by atoms with Crippen molar-refractivity contribution in [2.75, 3.05) is 7.11 Å². The van der Waals surface area contributed by atoms with E-state index in [2.05, 4.69) is 6.92 Å². The van der Waals surface area contributed by atoms with Gasteiger partial charge in [-0.1, -0.05) is 6.92 Å². The maximum Gasteiger partial charge on any atom is 0.269 e. The third kappa shape index (κ3) is 2.02. The zero-order chi connectivity index (χ0) is 10.7. The van der Waals surface area contributed by atoms with E-state index in [-0.39, 0.29) is 11.6 Å². The van der Waals surface area contributed by atoms with Gasteiger partial charge in [-0.3, -0.25) is 10.1 Å². The van der Waals surface area contributed by atoms with E-state index >= 15 is 0 Å². The van der Waals surface area contributed by atoms with Crippen molar-refractivity contribution in [1.29, 1.82) is 0 Å². The van der Waals surface area contributed by atoms with Crippen LogP contribution in [0.1, 0.15) is 18.4 Å². The third-order valence-corrected chi connectivity index (χ3v) is 1.96. The van der Waals surface area contributed by atoms with Gasteiger partial charge >= 0.3 is 0 Å². The molecule has 1 radical (unpaired) electrons. The SMILES string of the molecule is [CH2]C(C)c1cc([N+](=O)[O-])ccc1OC. The van der Waals surface area contributed by atoms with Gasteiger partial charge in [-0.15, -0.1) is 0 Å². The van der Waals surface area contributed by atoms with Crippen molar-refractivity contribution in [2.45, 2.75) is 12.8 Å². The summed E-state index contributed by atoms with van der Waals surface area (Å²) in [5, 5.41) is 10.5. The summed E-state index contributed by atoms with van der Waals surface area (Å²) in [4.78, 5) is 10.1. The molecule has 0 saturated heterocycles. The molecule has 14 heavy (non-hydrogen) atoms. The Morgan fingerprint density at radius 1 is 1.57 bits per heavy atom. The van der Waals surface area contributed by atoms with E-state index in [0.717, 1.165) is 5.56 Å². The Hall–Kier alpha value is -1.58. The molecule has 1 unspecified atom stereocenters. The van der Waals surface area contributed by atoms with Crippen LogP contribution < -0.4 is 4.74 Å². The van der Waals surface area contributed by atoms with Crippen LogP contribution in [0.2, 0.25) is 0 Å². The van der Waals surface area contributed by atoms with E-state index in [1.807, 2.05) is 6.92 Å². The Morgan fingerprint density at radius 3 is 2.64 bits per heavy atom. The number of hydrogen-bond donors (Lipinski definition) is 0. The van der Waals surface area contributed by atoms with E-state index in [1.165, 1.54) is 19.2 Å². The Morgan fingerprint density at radius 2 is 2.21 bits per heavy atom. The predicted octanol–water partition coefficient (Wildman–Crippen LogP) is 2.54. The fourth-order valence-corrected chi connectivity index (χ4v) is 1.22. The minimum Gasteiger partial charge on any atom is -0.496 e. The minimum atomic E-state index is -0.425. The molecule has 1 rings (SSSR count). The average molecular weight is 194 g/mol. The Labute approximate surface area is 82.7 Å². The molecule has 0 aliphatic rings. The van der Waals surface area contributed by atoms with Gasteiger partial charge < -0.3 is 4.74 Å². The number of nitro groups is 1. The van der Waals surface area contributed by atoms with E-state index in [0.29, 0.717) is 5.75 Å². The molecule has 1 atom stereocenters. The normalized spacial score (nSPS) is 10.3. The van der Waals surface area contributed by atoms with Crippen LogP contribution in [0, 0.1) is 17.0 Å². The average Bonchev–Trinajstić information content (AvgIpc) is 2.16. The fraction of sp³-hybridized carbons (Fsp3) is 0.300. The van der Waals surface area contributed by atoms with Gasteiger partial charge in [-0.25, -0.2) is 0 Å². The molecule has 4 nitrogen and oxygen atoms in total. The molecule has 0 aliphatic carbocycles. The van der Waals surface area contributed by atoms with Gasteiger partial charge in [0.15, 0.2) is 0 Å². The lowest BCUT2D eigenvalue weighted by Gasteiger charge is -2.10. The summed E-state index contributed by atoms with van der Waals surface area (Å²) < 4.78 is 5.08. The molecule has 0 aromatic heterocycles. The standard InChI is InChI=1S/C10H12NO3/c1-7(2)9-6-8(11(12)13)4-5-10(9)14-3/h4-7H,1H2,2-3H3. The summed E-state index contributed by atoms with van der Waals surface area (Å²) in [6.45, 7) is 5.68. The van der Waals surface area contributed by atoms with Crippen LogP contribution >= 0.6 is 0 Å². The molecule has 0 fully saturated rings. The molecule has 4 heteroatoms. The second-order valence-electron chi connectivity index (χ2n) is 3.08. The first-order chi connectivity index (χ1) is 6.56. The lowest BCUT2D eigenvalue weighted by Crippen LogP contribution is -1.96. The Kier molecular flexibility index (Phi) is 3.06. The molecule has 1 aromatic carbocycles. The number of rotatable bonds is 3. The molecule has 0 spiro atoms. The number of nitrogens with zero attached hydrogens (tertiary/aromatic N) is 1. The van der Waals surface area contributed by atoms with Crippen LogP contribution in [0.5, 0.6) is 5.75 Å². The van der Waals surface area contributed by atoms with Crippen molar-refractivity contribution >= 4 is 5.69 Å². The summed E-state index contributed by atoms with van der Waals surface area (Å²) in [7, 11) is 1.53. The molecular weight excluding hydrogens is 182 g/mol. The molecule has 75 valence electrons. The van der Waals surface area contributed by atoms with Crippen molar-refractivity contribution in [3.63, 3.8) is 0 Å². The van der Waals surface area contributed by atoms with Crippen molar-refractivity contribution in [1.82, 2.24) is 0 Å². The first-order valence-corrected chi connectivity index (χ1v) is 4.21. The first kappa shape index (κ1) is 10.5. The summed E-state index contributed by atoms with van der Waals surface area (Å²) in [5.41, 5.74) is 0.818. The maximum atomic E-state index is 10.5. The number of ether oxygens (including phenoxy) is 1. The number of hydrogen-bond acceptors (Lipinski definition) is 3. The smallest absolute Gasteiger partial charge is 0.269 e. The van der Waals surface area contributed by atoms with E-state index in [1.54, 1.807) is 6.07 Å². The fourth-order valence-electron chi connectivity index (χ4n) is 1.22. The van der Waals surface area contributed by atoms with Crippen molar-refractivity contribution < 1.29 is 9.66 Å². The summed E-state index contributed by atoms with van der Waals surface area (Å²) in [5.74, 6) is 0.600. The van der Waals surface area contributed by atoms with Crippen LogP contribution in [-0.4, -0.2) is 12.0 Å². The van der Waals surface area contributed by atoms with Gasteiger partial charge in [0.1, 0.15) is 5.75 Å². The molecule has 0 N–H and O–H groups in total. The largest absolute Gasteiger partial charge is 0.496 e. The number of methoxy groups -OCH3 is 1. The summed E-state index contributed by atoms with van der Waals surface area (Å²) in [6.07, 6.45) is 0. The van der Waals surface area contributed by atoms with Crippen LogP contribution in [-0.2, 0) is 0 Å². The van der Waals surface area contributed by atoms with Crippen LogP contribution in [0.15, 0.2) is 18.2 Å². The van der Waals surface area contributed by atoms with Gasteiger partial charge in [0.05, 0.1) is 12.0 Å². The van der Waals surface area contributed by atoms with Crippen molar-refractivity contribution in [2.24, 2.45) is 0 Å². The van der Waals surface area contributed by atoms with E-state index < -0.39 is 4.92 Å². The summed E-state index contributed by atoms with van der Waals surface area (Å²) >= 11 is 0. The van der Waals surface area contributed by atoms with Gasteiger partial charge in [0.2, 0.25) is 0 Å². The Bertz CT molecular complexity index is 347. The zero-order valence-electron chi connectivity index (χ0n) is 8.19. The maximum absolute atomic E-state index is 10.5. The molecule has 0 saturated carbocycles. The number of non-ortho nitro benzene ring substituents is 1. The van der Waals surface area contributed by atoms with Crippen LogP contribution in [0.3, 0.4) is 0 Å². The molecule has 0 aliphatic heterocycles. The molecular formula is C10H12NO3. The summed E-state index contributed by atoms with van der Waals surface area (Å²) in [6, 6.07) is 4.51. The highest BCUT2D eigenvalue weighted by Crippen LogP contribution is 2.29. The monoisotopic (exact) mass is 194 g/mol. The third-order valence-electron chi connectivity index (χ3n) is 1.96. The molecule has 0 bridgehead atoms. The number of nitro benzene ring substituents is 1. The van der Waals surface area contributed by atoms with Crippen LogP contribution in [0.25, 0.3) is 0 Å². The topological polar surface area (TPSA) is 52.4 Å². The lowest BCUT2D eigenvalue weighted by atomic mass is 10.0. The predicted molar refractivity (Wildman–Crippen MR) is 53.4 cm³/mol. The van der Waals surface area contributed by atoms with Crippen LogP contribution in [0.4, 0.5) is 5.69 Å². The molecule has 1 aromatic rings. The second-order valence-corrected chi connectivity index (χ2v) is 3.08. The Balaban J connectivity index is 3.20. The van der Waals surface area contributed by atoms with Gasteiger partial charge in [-0.05, 0) is 18.9 Å². The number of benzene rings is 1.